The Labute approximate surface area is 133 Å². The summed E-state index contributed by atoms with van der Waals surface area (Å²) in [6.45, 7) is 7.41. The minimum atomic E-state index is 0.00318. The highest BCUT2D eigenvalue weighted by Crippen LogP contribution is 2.11. The first-order valence-corrected chi connectivity index (χ1v) is 9.32. The van der Waals surface area contributed by atoms with Crippen molar-refractivity contribution in [2.45, 2.75) is 104 Å². The van der Waals surface area contributed by atoms with Gasteiger partial charge in [-0.3, -0.25) is 4.79 Å². The van der Waals surface area contributed by atoms with Gasteiger partial charge in [0.15, 0.2) is 0 Å². The van der Waals surface area contributed by atoms with Crippen molar-refractivity contribution < 1.29 is 9.53 Å². The Morgan fingerprint density at radius 1 is 0.810 bits per heavy atom. The van der Waals surface area contributed by atoms with Crippen LogP contribution in [0.25, 0.3) is 0 Å². The highest BCUT2D eigenvalue weighted by molar-refractivity contribution is 5.69. The quantitative estimate of drug-likeness (QED) is 0.263. The van der Waals surface area contributed by atoms with Gasteiger partial charge in [-0.05, 0) is 18.8 Å². The van der Waals surface area contributed by atoms with Crippen molar-refractivity contribution in [3.05, 3.63) is 0 Å². The van der Waals surface area contributed by atoms with E-state index >= 15 is 0 Å². The molecule has 0 rings (SSSR count). The van der Waals surface area contributed by atoms with Crippen molar-refractivity contribution in [3.63, 3.8) is 0 Å². The maximum atomic E-state index is 11.5. The van der Waals surface area contributed by atoms with Crippen LogP contribution >= 0.6 is 0 Å². The largest absolute Gasteiger partial charge is 0.466 e. The Morgan fingerprint density at radius 3 is 2.05 bits per heavy atom. The molecule has 0 saturated heterocycles. The number of hydrogen-bond donors (Lipinski definition) is 0. The maximum absolute atomic E-state index is 11.5. The molecule has 0 radical (unpaired) electrons. The summed E-state index contributed by atoms with van der Waals surface area (Å²) in [5.41, 5.74) is 0. The van der Waals surface area contributed by atoms with Gasteiger partial charge in [-0.2, -0.15) is 0 Å². The van der Waals surface area contributed by atoms with Crippen molar-refractivity contribution in [3.8, 4) is 0 Å². The zero-order valence-corrected chi connectivity index (χ0v) is 14.8. The van der Waals surface area contributed by atoms with Crippen LogP contribution in [0.4, 0.5) is 0 Å². The lowest BCUT2D eigenvalue weighted by Gasteiger charge is -2.06. The van der Waals surface area contributed by atoms with Crippen molar-refractivity contribution in [2.75, 3.05) is 6.61 Å². The molecule has 0 amide bonds. The molecule has 0 aliphatic rings. The van der Waals surface area contributed by atoms with Crippen LogP contribution in [0.1, 0.15) is 104 Å². The van der Waals surface area contributed by atoms with Gasteiger partial charge in [-0.25, -0.2) is 0 Å². The van der Waals surface area contributed by atoms with Crippen LogP contribution in [0.5, 0.6) is 0 Å². The Morgan fingerprint density at radius 2 is 1.38 bits per heavy atom. The fraction of sp³-hybridized carbons (Fsp3) is 0.947. The second-order valence-corrected chi connectivity index (χ2v) is 6.69. The van der Waals surface area contributed by atoms with E-state index < -0.39 is 0 Å². The van der Waals surface area contributed by atoms with E-state index in [-0.39, 0.29) is 5.97 Å². The van der Waals surface area contributed by atoms with Crippen LogP contribution in [-0.4, -0.2) is 12.6 Å². The summed E-state index contributed by atoms with van der Waals surface area (Å²) >= 11 is 0. The molecule has 0 bridgehead atoms. The van der Waals surface area contributed by atoms with Gasteiger partial charge in [-0.1, -0.05) is 85.0 Å². The van der Waals surface area contributed by atoms with E-state index in [0.29, 0.717) is 13.0 Å². The predicted molar refractivity (Wildman–Crippen MR) is 91.5 cm³/mol. The third-order valence-electron chi connectivity index (χ3n) is 3.92. The average Bonchev–Trinajstić information content (AvgIpc) is 2.45. The van der Waals surface area contributed by atoms with Crippen LogP contribution in [0, 0.1) is 5.92 Å². The average molecular weight is 299 g/mol. The summed E-state index contributed by atoms with van der Waals surface area (Å²) in [5.74, 6) is 0.842. The first-order valence-electron chi connectivity index (χ1n) is 9.32. The fourth-order valence-electron chi connectivity index (χ4n) is 2.49. The molecule has 0 heterocycles. The van der Waals surface area contributed by atoms with E-state index in [1.165, 1.54) is 64.2 Å². The first kappa shape index (κ1) is 20.5. The van der Waals surface area contributed by atoms with Crippen LogP contribution in [0.2, 0.25) is 0 Å². The van der Waals surface area contributed by atoms with Gasteiger partial charge in [0.25, 0.3) is 0 Å². The first-order chi connectivity index (χ1) is 10.2. The molecule has 0 aromatic heterocycles. The Balaban J connectivity index is 3.14. The van der Waals surface area contributed by atoms with Crippen LogP contribution < -0.4 is 0 Å². The van der Waals surface area contributed by atoms with Crippen molar-refractivity contribution in [2.24, 2.45) is 5.92 Å². The monoisotopic (exact) mass is 298 g/mol. The van der Waals surface area contributed by atoms with Gasteiger partial charge < -0.3 is 4.74 Å². The van der Waals surface area contributed by atoms with Crippen LogP contribution in [0.3, 0.4) is 0 Å². The summed E-state index contributed by atoms with van der Waals surface area (Å²) in [5, 5.41) is 0. The van der Waals surface area contributed by atoms with Crippen LogP contribution in [-0.2, 0) is 9.53 Å². The summed E-state index contributed by atoms with van der Waals surface area (Å²) in [4.78, 5) is 11.5. The normalized spacial score (nSPS) is 11.0. The molecular weight excluding hydrogens is 260 g/mol. The minimum absolute atomic E-state index is 0.00318. The number of carbonyl (C=O) groups excluding carboxylic acids is 1. The third kappa shape index (κ3) is 17.4. The lowest BCUT2D eigenvalue weighted by Crippen LogP contribution is -2.05. The van der Waals surface area contributed by atoms with Crippen molar-refractivity contribution in [1.29, 1.82) is 0 Å². The minimum Gasteiger partial charge on any atom is -0.466 e. The second kappa shape index (κ2) is 15.9. The number of unbranched alkanes of at least 4 members (excludes halogenated alkanes) is 9. The highest BCUT2D eigenvalue weighted by Gasteiger charge is 2.02. The van der Waals surface area contributed by atoms with E-state index in [9.17, 15) is 4.79 Å². The molecule has 0 N–H and O–H groups in total. The van der Waals surface area contributed by atoms with E-state index in [1.807, 2.05) is 0 Å². The lowest BCUT2D eigenvalue weighted by molar-refractivity contribution is -0.143. The number of hydrogen-bond acceptors (Lipinski definition) is 2. The fourth-order valence-corrected chi connectivity index (χ4v) is 2.49. The summed E-state index contributed by atoms with van der Waals surface area (Å²) < 4.78 is 5.27. The summed E-state index contributed by atoms with van der Waals surface area (Å²) in [7, 11) is 0. The zero-order chi connectivity index (χ0) is 15.8. The molecule has 0 unspecified atom stereocenters. The van der Waals surface area contributed by atoms with Crippen molar-refractivity contribution in [1.82, 2.24) is 0 Å². The topological polar surface area (TPSA) is 26.3 Å². The highest BCUT2D eigenvalue weighted by atomic mass is 16.5. The molecule has 21 heavy (non-hydrogen) atoms. The predicted octanol–water partition coefficient (Wildman–Crippen LogP) is 6.28. The molecule has 0 aromatic rings. The molecule has 0 spiro atoms. The third-order valence-corrected chi connectivity index (χ3v) is 3.92. The smallest absolute Gasteiger partial charge is 0.305 e. The maximum Gasteiger partial charge on any atom is 0.305 e. The molecule has 0 aliphatic carbocycles. The number of rotatable bonds is 15. The number of carbonyl (C=O) groups is 1. The van der Waals surface area contributed by atoms with E-state index in [4.69, 9.17) is 4.74 Å². The van der Waals surface area contributed by atoms with Gasteiger partial charge in [0.2, 0.25) is 0 Å². The number of esters is 1. The molecule has 0 saturated carbocycles. The molecule has 2 heteroatoms. The lowest BCUT2D eigenvalue weighted by atomic mass is 10.0. The van der Waals surface area contributed by atoms with Gasteiger partial charge in [0, 0.05) is 6.42 Å². The molecule has 0 atom stereocenters. The molecule has 2 nitrogen and oxygen atoms in total. The second-order valence-electron chi connectivity index (χ2n) is 6.69. The summed E-state index contributed by atoms with van der Waals surface area (Å²) in [6, 6.07) is 0. The van der Waals surface area contributed by atoms with E-state index in [2.05, 4.69) is 20.8 Å². The zero-order valence-electron chi connectivity index (χ0n) is 14.8. The molecular formula is C19H38O2. The Bertz CT molecular complexity index is 224. The Hall–Kier alpha value is -0.530. The van der Waals surface area contributed by atoms with Gasteiger partial charge >= 0.3 is 5.97 Å². The van der Waals surface area contributed by atoms with Gasteiger partial charge in [0.1, 0.15) is 0 Å². The standard InChI is InChI=1S/C19H38O2/c1-4-5-6-9-13-16-19(20)21-17-14-11-8-7-10-12-15-18(2)3/h18H,4-17H2,1-3H3. The molecule has 126 valence electrons. The van der Waals surface area contributed by atoms with Gasteiger partial charge in [0.05, 0.1) is 6.61 Å². The molecule has 0 aromatic carbocycles. The summed E-state index contributed by atoms with van der Waals surface area (Å²) in [6.07, 6.45) is 15.5. The molecule has 0 aliphatic heterocycles. The Kier molecular flexibility index (Phi) is 15.5. The van der Waals surface area contributed by atoms with E-state index in [0.717, 1.165) is 18.8 Å². The number of ether oxygens (including phenoxy) is 1. The molecule has 0 fully saturated rings. The van der Waals surface area contributed by atoms with E-state index in [1.54, 1.807) is 0 Å². The van der Waals surface area contributed by atoms with Gasteiger partial charge in [-0.15, -0.1) is 0 Å². The van der Waals surface area contributed by atoms with Crippen LogP contribution in [0.15, 0.2) is 0 Å². The van der Waals surface area contributed by atoms with Crippen molar-refractivity contribution >= 4 is 5.97 Å². The SMILES string of the molecule is CCCCCCCC(=O)OCCCCCCCCC(C)C.